The number of hydrogen-bond acceptors (Lipinski definition) is 6. The van der Waals surface area contributed by atoms with Gasteiger partial charge in [0, 0.05) is 13.1 Å². The first kappa shape index (κ1) is 14.9. The van der Waals surface area contributed by atoms with Crippen molar-refractivity contribution in [1.82, 2.24) is 5.16 Å². The molecule has 0 bridgehead atoms. The summed E-state index contributed by atoms with van der Waals surface area (Å²) in [6.07, 6.45) is 2.72. The van der Waals surface area contributed by atoms with Crippen molar-refractivity contribution in [3.63, 3.8) is 0 Å². The van der Waals surface area contributed by atoms with Gasteiger partial charge in [-0.25, -0.2) is 13.6 Å². The van der Waals surface area contributed by atoms with Gasteiger partial charge in [0.25, 0.3) is 0 Å². The van der Waals surface area contributed by atoms with Crippen molar-refractivity contribution in [2.45, 2.75) is 36.9 Å². The second-order valence-corrected chi connectivity index (χ2v) is 8.00. The van der Waals surface area contributed by atoms with Crippen LogP contribution in [0.3, 0.4) is 0 Å². The molecule has 1 aromatic carbocycles. The number of ether oxygens (including phenoxy) is 1. The summed E-state index contributed by atoms with van der Waals surface area (Å²) in [6.45, 7) is 3.49. The highest BCUT2D eigenvalue weighted by molar-refractivity contribution is 7.89. The van der Waals surface area contributed by atoms with Crippen molar-refractivity contribution in [3.8, 4) is 0 Å². The second-order valence-electron chi connectivity index (χ2n) is 6.44. The molecule has 2 N–H and O–H groups in total. The van der Waals surface area contributed by atoms with Gasteiger partial charge in [0.2, 0.25) is 10.0 Å². The lowest BCUT2D eigenvalue weighted by atomic mass is 10.1. The Hall–Kier alpha value is -1.64. The molecule has 2 fully saturated rings. The van der Waals surface area contributed by atoms with Crippen molar-refractivity contribution in [1.29, 1.82) is 0 Å². The van der Waals surface area contributed by atoms with E-state index in [4.69, 9.17) is 14.4 Å². The second kappa shape index (κ2) is 5.19. The molecule has 2 heterocycles. The molecule has 1 saturated carbocycles. The Morgan fingerprint density at radius 2 is 2.09 bits per heavy atom. The van der Waals surface area contributed by atoms with E-state index >= 15 is 0 Å². The number of morpholine rings is 1. The van der Waals surface area contributed by atoms with E-state index in [1.54, 1.807) is 6.07 Å². The molecule has 1 aliphatic heterocycles. The Kier molecular flexibility index (Phi) is 3.36. The molecule has 0 spiro atoms. The minimum Gasteiger partial charge on any atom is -0.371 e. The Morgan fingerprint density at radius 1 is 1.30 bits per heavy atom. The first-order chi connectivity index (χ1) is 10.9. The molecule has 7 nitrogen and oxygen atoms in total. The third-order valence-corrected chi connectivity index (χ3v) is 5.39. The lowest BCUT2D eigenvalue weighted by molar-refractivity contribution is -0.0274. The Balaban J connectivity index is 1.72. The SMILES string of the molecule is C[C@@H]1CN(c2noc3ccc(S(N)(=O)=O)cc23)C[C@H](C2CC2)O1. The molecule has 124 valence electrons. The number of nitrogens with two attached hydrogens (primary N) is 1. The number of fused-ring (bicyclic) bond motifs is 1. The molecule has 1 aliphatic carbocycles. The molecule has 0 radical (unpaired) electrons. The summed E-state index contributed by atoms with van der Waals surface area (Å²) < 4.78 is 34.5. The number of benzene rings is 1. The van der Waals surface area contributed by atoms with Gasteiger partial charge in [-0.05, 0) is 43.9 Å². The predicted octanol–water partition coefficient (Wildman–Crippen LogP) is 1.48. The third kappa shape index (κ3) is 2.82. The molecule has 8 heteroatoms. The minimum absolute atomic E-state index is 0.0644. The van der Waals surface area contributed by atoms with Crippen LogP contribution in [-0.4, -0.2) is 38.9 Å². The van der Waals surface area contributed by atoms with Crippen LogP contribution in [-0.2, 0) is 14.8 Å². The molecule has 23 heavy (non-hydrogen) atoms. The van der Waals surface area contributed by atoms with Crippen molar-refractivity contribution in [2.24, 2.45) is 11.1 Å². The zero-order chi connectivity index (χ0) is 16.2. The molecular weight excluding hydrogens is 318 g/mol. The maximum atomic E-state index is 11.6. The van der Waals surface area contributed by atoms with Crippen LogP contribution in [0.5, 0.6) is 0 Å². The van der Waals surface area contributed by atoms with E-state index in [-0.39, 0.29) is 17.1 Å². The van der Waals surface area contributed by atoms with Gasteiger partial charge in [-0.15, -0.1) is 0 Å². The van der Waals surface area contributed by atoms with E-state index < -0.39 is 10.0 Å². The van der Waals surface area contributed by atoms with Crippen molar-refractivity contribution >= 4 is 26.8 Å². The van der Waals surface area contributed by atoms with Crippen molar-refractivity contribution in [2.75, 3.05) is 18.0 Å². The molecule has 0 unspecified atom stereocenters. The summed E-state index contributed by atoms with van der Waals surface area (Å²) in [5, 5.41) is 10.0. The quantitative estimate of drug-likeness (QED) is 0.911. The number of sulfonamides is 1. The fourth-order valence-corrected chi connectivity index (χ4v) is 3.74. The maximum absolute atomic E-state index is 11.6. The van der Waals surface area contributed by atoms with Crippen LogP contribution in [0, 0.1) is 5.92 Å². The van der Waals surface area contributed by atoms with Gasteiger partial charge in [0.05, 0.1) is 22.5 Å². The molecule has 1 saturated heterocycles. The monoisotopic (exact) mass is 337 g/mol. The molecule has 0 amide bonds. The van der Waals surface area contributed by atoms with E-state index in [9.17, 15) is 8.42 Å². The zero-order valence-corrected chi connectivity index (χ0v) is 13.6. The van der Waals surface area contributed by atoms with Crippen molar-refractivity contribution < 1.29 is 17.7 Å². The van der Waals surface area contributed by atoms with Crippen LogP contribution in [0.2, 0.25) is 0 Å². The summed E-state index contributed by atoms with van der Waals surface area (Å²) in [5.74, 6) is 1.28. The first-order valence-electron chi connectivity index (χ1n) is 7.74. The van der Waals surface area contributed by atoms with Gasteiger partial charge < -0.3 is 14.2 Å². The highest BCUT2D eigenvalue weighted by Gasteiger charge is 2.38. The van der Waals surface area contributed by atoms with Gasteiger partial charge in [-0.3, -0.25) is 0 Å². The molecule has 4 rings (SSSR count). The number of hydrogen-bond donors (Lipinski definition) is 1. The number of primary sulfonamides is 1. The van der Waals surface area contributed by atoms with Crippen molar-refractivity contribution in [3.05, 3.63) is 18.2 Å². The standard InChI is InChI=1S/C15H19N3O4S/c1-9-7-18(8-14(21-9)10-2-3-10)15-12-6-11(23(16,19)20)4-5-13(12)22-17-15/h4-6,9-10,14H,2-3,7-8H2,1H3,(H2,16,19,20)/t9-,14-/m1/s1. The van der Waals surface area contributed by atoms with E-state index in [0.717, 1.165) is 6.54 Å². The Bertz CT molecular complexity index is 844. The summed E-state index contributed by atoms with van der Waals surface area (Å²) in [7, 11) is -3.76. The van der Waals surface area contributed by atoms with Crippen LogP contribution in [0.25, 0.3) is 11.0 Å². The fourth-order valence-electron chi connectivity index (χ4n) is 3.20. The van der Waals surface area contributed by atoms with E-state index in [1.165, 1.54) is 25.0 Å². The Labute approximate surface area is 134 Å². The summed E-state index contributed by atoms with van der Waals surface area (Å²) in [4.78, 5) is 2.19. The summed E-state index contributed by atoms with van der Waals surface area (Å²) >= 11 is 0. The zero-order valence-electron chi connectivity index (χ0n) is 12.8. The first-order valence-corrected chi connectivity index (χ1v) is 9.29. The van der Waals surface area contributed by atoms with Gasteiger partial charge in [-0.2, -0.15) is 0 Å². The number of aromatic nitrogens is 1. The molecular formula is C15H19N3O4S. The van der Waals surface area contributed by atoms with Gasteiger partial charge in [0.1, 0.15) is 0 Å². The van der Waals surface area contributed by atoms with Crippen LogP contribution >= 0.6 is 0 Å². The van der Waals surface area contributed by atoms with Gasteiger partial charge in [-0.1, -0.05) is 5.16 Å². The lowest BCUT2D eigenvalue weighted by Gasteiger charge is -2.37. The highest BCUT2D eigenvalue weighted by Crippen LogP contribution is 2.38. The normalized spacial score (nSPS) is 25.9. The average Bonchev–Trinajstić information content (AvgIpc) is 3.25. The molecule has 1 aromatic heterocycles. The molecule has 2 aliphatic rings. The van der Waals surface area contributed by atoms with Crippen LogP contribution in [0.1, 0.15) is 19.8 Å². The van der Waals surface area contributed by atoms with E-state index in [2.05, 4.69) is 10.1 Å². The van der Waals surface area contributed by atoms with Gasteiger partial charge in [0.15, 0.2) is 11.4 Å². The summed E-state index contributed by atoms with van der Waals surface area (Å²) in [6, 6.07) is 4.55. The summed E-state index contributed by atoms with van der Waals surface area (Å²) in [5.41, 5.74) is 0.550. The number of anilines is 1. The molecule has 2 aromatic rings. The number of rotatable bonds is 3. The van der Waals surface area contributed by atoms with E-state index in [1.807, 2.05) is 6.92 Å². The van der Waals surface area contributed by atoms with Gasteiger partial charge >= 0.3 is 0 Å². The number of nitrogens with zero attached hydrogens (tertiary/aromatic N) is 2. The maximum Gasteiger partial charge on any atom is 0.238 e. The van der Waals surface area contributed by atoms with Crippen LogP contribution in [0.15, 0.2) is 27.6 Å². The highest BCUT2D eigenvalue weighted by atomic mass is 32.2. The Morgan fingerprint density at radius 3 is 2.78 bits per heavy atom. The molecule has 2 atom stereocenters. The van der Waals surface area contributed by atoms with Crippen LogP contribution in [0.4, 0.5) is 5.82 Å². The predicted molar refractivity (Wildman–Crippen MR) is 84.7 cm³/mol. The third-order valence-electron chi connectivity index (χ3n) is 4.48. The van der Waals surface area contributed by atoms with E-state index in [0.29, 0.717) is 29.2 Å². The average molecular weight is 337 g/mol. The topological polar surface area (TPSA) is 98.7 Å². The largest absolute Gasteiger partial charge is 0.371 e. The fraction of sp³-hybridized carbons (Fsp3) is 0.533. The van der Waals surface area contributed by atoms with Crippen LogP contribution < -0.4 is 10.0 Å². The lowest BCUT2D eigenvalue weighted by Crippen LogP contribution is -2.47. The smallest absolute Gasteiger partial charge is 0.238 e. The minimum atomic E-state index is -3.76.